The third-order valence-electron chi connectivity index (χ3n) is 12.8. The number of rotatable bonds is 10. The van der Waals surface area contributed by atoms with Crippen LogP contribution in [0.25, 0.3) is 33.5 Å². The minimum Gasteiger partial charge on any atom is -0.372 e. The Morgan fingerprint density at radius 3 is 2.35 bits per heavy atom. The van der Waals surface area contributed by atoms with Crippen LogP contribution in [0.5, 0.6) is 0 Å². The summed E-state index contributed by atoms with van der Waals surface area (Å²) in [7, 11) is 0. The van der Waals surface area contributed by atoms with Gasteiger partial charge in [-0.1, -0.05) is 62.3 Å². The van der Waals surface area contributed by atoms with Gasteiger partial charge in [0.2, 0.25) is 5.91 Å². The zero-order valence-electron chi connectivity index (χ0n) is 36.1. The number of aryl methyl sites for hydroxylation is 1. The fourth-order valence-electron chi connectivity index (χ4n) is 9.19. The number of carbonyl (C=O) groups is 3. The second kappa shape index (κ2) is 16.8. The number of anilines is 2. The van der Waals surface area contributed by atoms with Crippen LogP contribution in [0.15, 0.2) is 83.6 Å². The van der Waals surface area contributed by atoms with E-state index in [0.29, 0.717) is 30.6 Å². The molecule has 0 spiro atoms. The summed E-state index contributed by atoms with van der Waals surface area (Å²) in [6.07, 6.45) is 5.42. The number of aromatic amines is 1. The number of amides is 4. The van der Waals surface area contributed by atoms with Crippen molar-refractivity contribution in [3.05, 3.63) is 108 Å². The second-order valence-corrected chi connectivity index (χ2v) is 18.2. The summed E-state index contributed by atoms with van der Waals surface area (Å²) in [5.41, 5.74) is 9.77. The Balaban J connectivity index is 0.786. The van der Waals surface area contributed by atoms with Crippen molar-refractivity contribution >= 4 is 40.3 Å². The summed E-state index contributed by atoms with van der Waals surface area (Å²) in [5.74, 6) is 1.02. The lowest BCUT2D eigenvalue weighted by atomic mass is 9.95. The minimum absolute atomic E-state index is 0.0443. The molecule has 6 heterocycles. The molecular weight excluding hydrogens is 781 g/mol. The topological polar surface area (TPSA) is 165 Å². The standard InChI is InChI=1S/C48H54N10O4/c1-29-24-34(10-15-38(29)30(2)51-44(60)45-54-46(55-62-45)48(3,4)5)42-39-25-40(52-43(39)50-28-49-42)33-8-6-32(7-9-33)35-18-20-56(27-35)26-31-16-21-57(22-17-31)36-11-13-37(14-12-36)58-23-19-41(59)53-47(58)61/h6-15,24-25,28,30-31,35H,16-23,26-27H2,1-5H3,(H,51,60)(H,49,50,52)(H,53,59,61). The number of nitrogens with one attached hydrogen (secondary N) is 3. The Labute approximate surface area is 361 Å². The molecule has 0 aliphatic carbocycles. The predicted octanol–water partition coefficient (Wildman–Crippen LogP) is 7.92. The minimum atomic E-state index is -0.405. The van der Waals surface area contributed by atoms with E-state index in [1.807, 2.05) is 58.9 Å². The van der Waals surface area contributed by atoms with Gasteiger partial charge in [0.1, 0.15) is 12.0 Å². The lowest BCUT2D eigenvalue weighted by Gasteiger charge is -2.35. The van der Waals surface area contributed by atoms with Crippen molar-refractivity contribution in [2.75, 3.05) is 49.1 Å². The number of urea groups is 1. The average molecular weight is 835 g/mol. The molecule has 14 nitrogen and oxygen atoms in total. The van der Waals surface area contributed by atoms with Crippen LogP contribution in [0, 0.1) is 12.8 Å². The van der Waals surface area contributed by atoms with Crippen LogP contribution in [-0.4, -0.2) is 87.1 Å². The fourth-order valence-corrected chi connectivity index (χ4v) is 9.19. The zero-order valence-corrected chi connectivity index (χ0v) is 36.1. The largest absolute Gasteiger partial charge is 0.372 e. The average Bonchev–Trinajstić information content (AvgIpc) is 4.05. The molecule has 0 saturated carbocycles. The number of H-pyrrole nitrogens is 1. The quantitative estimate of drug-likeness (QED) is 0.123. The van der Waals surface area contributed by atoms with Crippen molar-refractivity contribution in [1.29, 1.82) is 0 Å². The van der Waals surface area contributed by atoms with Gasteiger partial charge >= 0.3 is 17.8 Å². The number of aromatic nitrogens is 5. The maximum Gasteiger partial charge on any atom is 0.328 e. The molecule has 3 N–H and O–H groups in total. The molecule has 320 valence electrons. The third-order valence-corrected chi connectivity index (χ3v) is 12.8. The van der Waals surface area contributed by atoms with E-state index in [-0.39, 0.29) is 29.3 Å². The van der Waals surface area contributed by atoms with Gasteiger partial charge in [0, 0.05) is 72.6 Å². The smallest absolute Gasteiger partial charge is 0.328 e. The highest BCUT2D eigenvalue weighted by atomic mass is 16.5. The number of benzene rings is 3. The SMILES string of the molecule is Cc1cc(-c2ncnc3[nH]c(-c4ccc(C5CCN(CC6CCN(c7ccc(N8CCC(=O)NC8=O)cc7)CC6)C5)cc4)cc23)ccc1C(C)NC(=O)c1nc(C(C)(C)C)no1. The number of likely N-dealkylation sites (tertiary alicyclic amines) is 1. The molecule has 3 aliphatic rings. The van der Waals surface area contributed by atoms with Crippen LogP contribution in [0.4, 0.5) is 16.2 Å². The number of fused-ring (bicyclic) bond motifs is 1. The number of piperidine rings is 1. The number of imide groups is 1. The molecule has 14 heteroatoms. The fraction of sp³-hybridized carbons (Fsp3) is 0.396. The molecule has 4 amide bonds. The van der Waals surface area contributed by atoms with E-state index in [1.165, 1.54) is 17.7 Å². The molecule has 3 aliphatic heterocycles. The second-order valence-electron chi connectivity index (χ2n) is 18.2. The molecule has 3 aromatic heterocycles. The molecule has 62 heavy (non-hydrogen) atoms. The van der Waals surface area contributed by atoms with Gasteiger partial charge in [-0.25, -0.2) is 14.8 Å². The number of hydrogen-bond acceptors (Lipinski definition) is 10. The van der Waals surface area contributed by atoms with Crippen molar-refractivity contribution in [1.82, 2.24) is 40.6 Å². The van der Waals surface area contributed by atoms with Gasteiger partial charge in [-0.05, 0) is 110 Å². The van der Waals surface area contributed by atoms with Gasteiger partial charge in [-0.2, -0.15) is 4.98 Å². The van der Waals surface area contributed by atoms with E-state index in [4.69, 9.17) is 9.51 Å². The van der Waals surface area contributed by atoms with Crippen molar-refractivity contribution in [2.45, 2.75) is 77.7 Å². The summed E-state index contributed by atoms with van der Waals surface area (Å²) in [5, 5.41) is 10.3. The van der Waals surface area contributed by atoms with Gasteiger partial charge in [0.15, 0.2) is 5.82 Å². The van der Waals surface area contributed by atoms with Crippen molar-refractivity contribution in [2.24, 2.45) is 5.92 Å². The van der Waals surface area contributed by atoms with Gasteiger partial charge in [0.05, 0.1) is 11.7 Å². The summed E-state index contributed by atoms with van der Waals surface area (Å²) in [6, 6.07) is 24.8. The first-order chi connectivity index (χ1) is 29.9. The summed E-state index contributed by atoms with van der Waals surface area (Å²) in [6.45, 7) is 15.7. The van der Waals surface area contributed by atoms with Crippen LogP contribution < -0.4 is 20.4 Å². The summed E-state index contributed by atoms with van der Waals surface area (Å²) >= 11 is 0. The van der Waals surface area contributed by atoms with Gasteiger partial charge in [-0.15, -0.1) is 0 Å². The Morgan fingerprint density at radius 2 is 1.65 bits per heavy atom. The summed E-state index contributed by atoms with van der Waals surface area (Å²) < 4.78 is 5.25. The lowest BCUT2D eigenvalue weighted by Crippen LogP contribution is -2.49. The number of carbonyl (C=O) groups excluding carboxylic acids is 3. The first kappa shape index (κ1) is 41.0. The highest BCUT2D eigenvalue weighted by Gasteiger charge is 2.29. The van der Waals surface area contributed by atoms with Crippen LogP contribution in [0.2, 0.25) is 0 Å². The van der Waals surface area contributed by atoms with Crippen LogP contribution in [0.1, 0.15) is 98.5 Å². The molecular formula is C48H54N10O4. The Bertz CT molecular complexity index is 2600. The Morgan fingerprint density at radius 1 is 0.903 bits per heavy atom. The molecule has 0 radical (unpaired) electrons. The highest BCUT2D eigenvalue weighted by molar-refractivity contribution is 6.05. The molecule has 3 fully saturated rings. The first-order valence-electron chi connectivity index (χ1n) is 21.7. The lowest BCUT2D eigenvalue weighted by molar-refractivity contribution is -0.120. The normalized spacial score (nSPS) is 18.4. The van der Waals surface area contributed by atoms with E-state index >= 15 is 0 Å². The maximum absolute atomic E-state index is 12.9. The Kier molecular flexibility index (Phi) is 11.1. The van der Waals surface area contributed by atoms with E-state index in [0.717, 1.165) is 95.9 Å². The van der Waals surface area contributed by atoms with E-state index < -0.39 is 5.91 Å². The third kappa shape index (κ3) is 8.56. The number of hydrogen-bond donors (Lipinski definition) is 3. The molecule has 9 rings (SSSR count). The molecule has 0 bridgehead atoms. The molecule has 6 aromatic rings. The van der Waals surface area contributed by atoms with E-state index in [9.17, 15) is 14.4 Å². The molecule has 2 atom stereocenters. The van der Waals surface area contributed by atoms with Crippen LogP contribution in [0.3, 0.4) is 0 Å². The first-order valence-corrected chi connectivity index (χ1v) is 21.7. The predicted molar refractivity (Wildman–Crippen MR) is 239 cm³/mol. The zero-order chi connectivity index (χ0) is 43.1. The van der Waals surface area contributed by atoms with Gasteiger partial charge in [0.25, 0.3) is 0 Å². The van der Waals surface area contributed by atoms with Gasteiger partial charge in [-0.3, -0.25) is 19.8 Å². The van der Waals surface area contributed by atoms with E-state index in [1.54, 1.807) is 11.2 Å². The van der Waals surface area contributed by atoms with Crippen molar-refractivity contribution in [3.63, 3.8) is 0 Å². The van der Waals surface area contributed by atoms with Crippen molar-refractivity contribution in [3.8, 4) is 22.5 Å². The van der Waals surface area contributed by atoms with Crippen molar-refractivity contribution < 1.29 is 18.9 Å². The molecule has 3 aromatic carbocycles. The Hall–Kier alpha value is -6.41. The monoisotopic (exact) mass is 834 g/mol. The maximum atomic E-state index is 12.9. The van der Waals surface area contributed by atoms with Crippen LogP contribution >= 0.6 is 0 Å². The number of nitrogens with zero attached hydrogens (tertiary/aromatic N) is 7. The van der Waals surface area contributed by atoms with Crippen LogP contribution in [-0.2, 0) is 10.2 Å². The van der Waals surface area contributed by atoms with Gasteiger partial charge < -0.3 is 24.6 Å². The summed E-state index contributed by atoms with van der Waals surface area (Å²) in [4.78, 5) is 60.6. The van der Waals surface area contributed by atoms with E-state index in [2.05, 4.69) is 89.1 Å². The molecule has 3 saturated heterocycles. The molecule has 2 unspecified atom stereocenters. The highest BCUT2D eigenvalue weighted by Crippen LogP contribution is 2.35.